The van der Waals surface area contributed by atoms with Crippen molar-refractivity contribution >= 4 is 11.4 Å². The largest absolute Gasteiger partial charge is 0.416 e. The van der Waals surface area contributed by atoms with Crippen molar-refractivity contribution in [3.8, 4) is 0 Å². The van der Waals surface area contributed by atoms with Gasteiger partial charge in [-0.15, -0.1) is 0 Å². The lowest BCUT2D eigenvalue weighted by Crippen LogP contribution is -2.10. The van der Waals surface area contributed by atoms with Crippen molar-refractivity contribution in [1.29, 1.82) is 0 Å². The van der Waals surface area contributed by atoms with Gasteiger partial charge in [0.25, 0.3) is 0 Å². The quantitative estimate of drug-likeness (QED) is 0.513. The monoisotopic (exact) mass is 362 g/mol. The van der Waals surface area contributed by atoms with Gasteiger partial charge >= 0.3 is 12.4 Å². The van der Waals surface area contributed by atoms with E-state index in [1.54, 1.807) is 0 Å². The van der Waals surface area contributed by atoms with Gasteiger partial charge in [-0.3, -0.25) is 0 Å². The summed E-state index contributed by atoms with van der Waals surface area (Å²) >= 11 is 0. The number of hydrogen-bond acceptors (Lipinski definition) is 2. The predicted octanol–water partition coefficient (Wildman–Crippen LogP) is 5.64. The van der Waals surface area contributed by atoms with E-state index in [1.165, 1.54) is 24.3 Å². The Bertz CT molecular complexity index is 600. The van der Waals surface area contributed by atoms with Crippen LogP contribution in [0.15, 0.2) is 48.5 Å². The fraction of sp³-hybridized carbons (Fsp3) is 0.294. The van der Waals surface area contributed by atoms with Gasteiger partial charge in [0.15, 0.2) is 0 Å². The summed E-state index contributed by atoms with van der Waals surface area (Å²) in [6, 6.07) is 9.42. The van der Waals surface area contributed by atoms with Crippen LogP contribution in [0.4, 0.5) is 37.7 Å². The molecule has 0 aliphatic heterocycles. The zero-order valence-corrected chi connectivity index (χ0v) is 13.0. The molecule has 0 aliphatic carbocycles. The Morgan fingerprint density at radius 1 is 0.560 bits per heavy atom. The summed E-state index contributed by atoms with van der Waals surface area (Å²) in [4.78, 5) is 0. The number of alkyl halides is 6. The predicted molar refractivity (Wildman–Crippen MR) is 84.5 cm³/mol. The van der Waals surface area contributed by atoms with Crippen LogP contribution in [-0.4, -0.2) is 13.1 Å². The summed E-state index contributed by atoms with van der Waals surface area (Å²) in [5.41, 5.74) is -0.269. The Hall–Kier alpha value is -2.38. The minimum absolute atomic E-state index is 0.513. The van der Waals surface area contributed by atoms with Crippen molar-refractivity contribution < 1.29 is 26.3 Å². The molecule has 2 rings (SSSR count). The van der Waals surface area contributed by atoms with Crippen molar-refractivity contribution in [3.63, 3.8) is 0 Å². The van der Waals surface area contributed by atoms with Gasteiger partial charge in [-0.1, -0.05) is 0 Å². The number of benzene rings is 2. The molecular weight excluding hydrogens is 346 g/mol. The molecule has 0 saturated heterocycles. The highest BCUT2D eigenvalue weighted by Crippen LogP contribution is 2.30. The highest BCUT2D eigenvalue weighted by atomic mass is 19.4. The molecule has 0 atom stereocenters. The van der Waals surface area contributed by atoms with Crippen LogP contribution in [0.25, 0.3) is 0 Å². The minimum Gasteiger partial charge on any atom is -0.385 e. The summed E-state index contributed by atoms with van der Waals surface area (Å²) in [7, 11) is 0. The lowest BCUT2D eigenvalue weighted by molar-refractivity contribution is -0.138. The molecule has 2 N–H and O–H groups in total. The normalized spacial score (nSPS) is 12.1. The molecule has 0 fully saturated rings. The van der Waals surface area contributed by atoms with Crippen LogP contribution >= 0.6 is 0 Å². The van der Waals surface area contributed by atoms with Gasteiger partial charge in [-0.2, -0.15) is 26.3 Å². The van der Waals surface area contributed by atoms with E-state index in [1.807, 2.05) is 0 Å². The molecule has 2 aromatic carbocycles. The Morgan fingerprint density at radius 2 is 0.880 bits per heavy atom. The van der Waals surface area contributed by atoms with Crippen molar-refractivity contribution in [2.75, 3.05) is 23.7 Å². The highest BCUT2D eigenvalue weighted by molar-refractivity contribution is 5.46. The third kappa shape index (κ3) is 5.88. The van der Waals surface area contributed by atoms with E-state index >= 15 is 0 Å². The maximum absolute atomic E-state index is 12.4. The molecular formula is C17H16F6N2. The van der Waals surface area contributed by atoms with Crippen LogP contribution < -0.4 is 10.6 Å². The molecule has 0 aromatic heterocycles. The van der Waals surface area contributed by atoms with E-state index in [0.717, 1.165) is 24.3 Å². The first kappa shape index (κ1) is 19.0. The Morgan fingerprint density at radius 3 is 1.16 bits per heavy atom. The lowest BCUT2D eigenvalue weighted by atomic mass is 10.2. The Labute approximate surface area is 140 Å². The van der Waals surface area contributed by atoms with Gasteiger partial charge in [0.2, 0.25) is 0 Å². The number of rotatable bonds is 6. The summed E-state index contributed by atoms with van der Waals surface area (Å²) in [5.74, 6) is 0. The molecule has 2 aromatic rings. The smallest absolute Gasteiger partial charge is 0.385 e. The van der Waals surface area contributed by atoms with Gasteiger partial charge in [-0.05, 0) is 55.0 Å². The molecule has 0 spiro atoms. The fourth-order valence-electron chi connectivity index (χ4n) is 2.11. The Kier molecular flexibility index (Phi) is 5.81. The van der Waals surface area contributed by atoms with Crippen molar-refractivity contribution in [2.45, 2.75) is 18.8 Å². The average molecular weight is 362 g/mol. The first-order valence-electron chi connectivity index (χ1n) is 7.48. The minimum atomic E-state index is -4.36. The van der Waals surface area contributed by atoms with E-state index in [0.29, 0.717) is 30.9 Å². The van der Waals surface area contributed by atoms with E-state index < -0.39 is 23.5 Å². The maximum Gasteiger partial charge on any atom is 0.416 e. The highest BCUT2D eigenvalue weighted by Gasteiger charge is 2.30. The average Bonchev–Trinajstić information content (AvgIpc) is 2.54. The van der Waals surface area contributed by atoms with Gasteiger partial charge in [0.05, 0.1) is 11.1 Å². The van der Waals surface area contributed by atoms with Gasteiger partial charge in [0, 0.05) is 24.5 Å². The fourth-order valence-corrected chi connectivity index (χ4v) is 2.11. The molecule has 0 saturated carbocycles. The summed E-state index contributed by atoms with van der Waals surface area (Å²) in [6.45, 7) is 1.03. The number of hydrogen-bond donors (Lipinski definition) is 2. The summed E-state index contributed by atoms with van der Waals surface area (Å²) in [6.07, 6.45) is -8.07. The molecule has 0 bridgehead atoms. The third-order valence-corrected chi connectivity index (χ3v) is 3.44. The number of nitrogens with one attached hydrogen (secondary N) is 2. The molecule has 0 aliphatic rings. The first-order chi connectivity index (χ1) is 11.7. The van der Waals surface area contributed by atoms with E-state index in [-0.39, 0.29) is 0 Å². The topological polar surface area (TPSA) is 24.1 Å². The summed E-state index contributed by atoms with van der Waals surface area (Å²) in [5, 5.41) is 5.96. The van der Waals surface area contributed by atoms with Crippen molar-refractivity contribution in [3.05, 3.63) is 59.7 Å². The maximum atomic E-state index is 12.4. The molecule has 0 unspecified atom stereocenters. The van der Waals surface area contributed by atoms with Crippen LogP contribution in [0, 0.1) is 0 Å². The van der Waals surface area contributed by atoms with E-state index in [9.17, 15) is 26.3 Å². The molecule has 136 valence electrons. The zero-order valence-electron chi connectivity index (χ0n) is 13.0. The second-order valence-electron chi connectivity index (χ2n) is 5.36. The zero-order chi connectivity index (χ0) is 18.5. The van der Waals surface area contributed by atoms with Crippen molar-refractivity contribution in [2.24, 2.45) is 0 Å². The molecule has 0 amide bonds. The number of anilines is 2. The van der Waals surface area contributed by atoms with Crippen molar-refractivity contribution in [1.82, 2.24) is 0 Å². The van der Waals surface area contributed by atoms with Crippen LogP contribution in [0.3, 0.4) is 0 Å². The van der Waals surface area contributed by atoms with Gasteiger partial charge < -0.3 is 10.6 Å². The second-order valence-corrected chi connectivity index (χ2v) is 5.36. The van der Waals surface area contributed by atoms with E-state index in [2.05, 4.69) is 10.6 Å². The first-order valence-corrected chi connectivity index (χ1v) is 7.48. The molecule has 0 radical (unpaired) electrons. The Balaban J connectivity index is 1.71. The molecule has 0 heterocycles. The number of halogens is 6. The van der Waals surface area contributed by atoms with Crippen LogP contribution in [0.5, 0.6) is 0 Å². The second kappa shape index (κ2) is 7.67. The third-order valence-electron chi connectivity index (χ3n) is 3.44. The molecule has 8 heteroatoms. The lowest BCUT2D eigenvalue weighted by Gasteiger charge is -2.11. The summed E-state index contributed by atoms with van der Waals surface area (Å²) < 4.78 is 74.6. The van der Waals surface area contributed by atoms with Crippen LogP contribution in [-0.2, 0) is 12.4 Å². The van der Waals surface area contributed by atoms with Gasteiger partial charge in [0.1, 0.15) is 0 Å². The van der Waals surface area contributed by atoms with Crippen LogP contribution in [0.1, 0.15) is 17.5 Å². The van der Waals surface area contributed by atoms with Crippen LogP contribution in [0.2, 0.25) is 0 Å². The molecule has 2 nitrogen and oxygen atoms in total. The van der Waals surface area contributed by atoms with Gasteiger partial charge in [-0.25, -0.2) is 0 Å². The SMILES string of the molecule is FC(F)(F)c1ccc(NCCCNc2ccc(C(F)(F)F)cc2)cc1. The van der Waals surface area contributed by atoms with E-state index in [4.69, 9.17) is 0 Å². The standard InChI is InChI=1S/C17H16F6N2/c18-16(19,20)12-2-6-14(7-3-12)24-10-1-11-25-15-8-4-13(5-9-15)17(21,22)23/h2-9,24-25H,1,10-11H2. The molecule has 25 heavy (non-hydrogen) atoms.